The number of carbonyl (C=O) groups excluding carboxylic acids is 4. The molecule has 2 saturated heterocycles. The molecule has 3 fully saturated rings. The second kappa shape index (κ2) is 12.9. The number of carbonyl (C=O) groups is 4. The molecule has 1 aliphatic carbocycles. The van der Waals surface area contributed by atoms with E-state index < -0.39 is 35.2 Å². The van der Waals surface area contributed by atoms with Crippen molar-refractivity contribution < 1.29 is 38.1 Å². The number of ether oxygens (including phenoxy) is 4. The Morgan fingerprint density at radius 1 is 1.09 bits per heavy atom. The number of benzene rings is 1. The van der Waals surface area contributed by atoms with E-state index in [9.17, 15) is 19.2 Å². The van der Waals surface area contributed by atoms with Crippen LogP contribution in [0.15, 0.2) is 35.9 Å². The lowest BCUT2D eigenvalue weighted by Gasteiger charge is -2.42. The van der Waals surface area contributed by atoms with Gasteiger partial charge in [0.15, 0.2) is 0 Å². The van der Waals surface area contributed by atoms with Crippen molar-refractivity contribution in [3.63, 3.8) is 0 Å². The van der Waals surface area contributed by atoms with Gasteiger partial charge in [0.25, 0.3) is 5.91 Å². The first-order valence-corrected chi connectivity index (χ1v) is 15.1. The molecule has 2 N–H and O–H groups in total. The van der Waals surface area contributed by atoms with Crippen LogP contribution in [-0.4, -0.2) is 66.9 Å². The van der Waals surface area contributed by atoms with Crippen LogP contribution in [0.25, 0.3) is 0 Å². The van der Waals surface area contributed by atoms with Gasteiger partial charge in [-0.2, -0.15) is 0 Å². The lowest BCUT2D eigenvalue weighted by atomic mass is 9.68. The minimum atomic E-state index is -0.853. The molecule has 0 radical (unpaired) electrons. The highest BCUT2D eigenvalue weighted by Crippen LogP contribution is 2.59. The summed E-state index contributed by atoms with van der Waals surface area (Å²) < 4.78 is 23.8. The van der Waals surface area contributed by atoms with Crippen molar-refractivity contribution in [3.05, 3.63) is 41.5 Å². The minimum Gasteiger partial charge on any atom is -0.443 e. The molecular formula is C33H46N2O8. The standard InChI is InChI=1S/C33H46N2O8/c1-20(2)11-16-25-32(6,43-25)28-27(40-7)23(17-18-33(28)19-41-33)42-30(39)35-29(38)21-12-14-22(15-13-21)34-26(37)10-8-9-24(36)31(3,4)5/h11-15,23,25,27-28H,8-10,16-19H2,1-7H3,(H,34,37)(H,35,38,39)/t23-,25-,27-,28-,32+,33+/m1/s1. The number of ketones is 1. The summed E-state index contributed by atoms with van der Waals surface area (Å²) >= 11 is 0. The number of alkyl carbamates (subject to hydrolysis) is 1. The van der Waals surface area contributed by atoms with Gasteiger partial charge in [0, 0.05) is 36.6 Å². The van der Waals surface area contributed by atoms with Crippen LogP contribution in [0.3, 0.4) is 0 Å². The van der Waals surface area contributed by atoms with Crippen molar-refractivity contribution >= 4 is 29.4 Å². The van der Waals surface area contributed by atoms with Gasteiger partial charge in [-0.15, -0.1) is 0 Å². The third kappa shape index (κ3) is 7.91. The first kappa shape index (κ1) is 32.8. The lowest BCUT2D eigenvalue weighted by molar-refractivity contribution is -0.126. The predicted octanol–water partition coefficient (Wildman–Crippen LogP) is 5.35. The molecule has 3 aliphatic rings. The summed E-state index contributed by atoms with van der Waals surface area (Å²) in [5, 5.41) is 5.07. The van der Waals surface area contributed by atoms with Gasteiger partial charge in [-0.3, -0.25) is 19.7 Å². The van der Waals surface area contributed by atoms with E-state index in [4.69, 9.17) is 18.9 Å². The fourth-order valence-electron chi connectivity index (χ4n) is 6.11. The number of Topliss-reactive ketones (excluding diaryl/α,β-unsaturated/α-hetero) is 1. The molecule has 236 valence electrons. The van der Waals surface area contributed by atoms with Crippen molar-refractivity contribution in [1.82, 2.24) is 5.32 Å². The normalized spacial score (nSPS) is 29.4. The van der Waals surface area contributed by atoms with Crippen LogP contribution in [0.1, 0.15) is 90.4 Å². The molecule has 4 rings (SSSR count). The fraction of sp³-hybridized carbons (Fsp3) is 0.636. The van der Waals surface area contributed by atoms with E-state index in [0.29, 0.717) is 38.0 Å². The summed E-state index contributed by atoms with van der Waals surface area (Å²) in [6, 6.07) is 6.20. The summed E-state index contributed by atoms with van der Waals surface area (Å²) in [6.45, 7) is 12.4. The first-order valence-electron chi connectivity index (χ1n) is 15.1. The molecule has 2 aliphatic heterocycles. The molecule has 3 amide bonds. The molecule has 6 atom stereocenters. The van der Waals surface area contributed by atoms with E-state index in [0.717, 1.165) is 6.42 Å². The van der Waals surface area contributed by atoms with Crippen molar-refractivity contribution in [2.24, 2.45) is 11.3 Å². The monoisotopic (exact) mass is 598 g/mol. The van der Waals surface area contributed by atoms with Gasteiger partial charge in [0.05, 0.1) is 18.6 Å². The number of allylic oxidation sites excluding steroid dienone is 1. The Hall–Kier alpha value is -3.08. The Morgan fingerprint density at radius 3 is 2.35 bits per heavy atom. The highest BCUT2D eigenvalue weighted by Gasteiger charge is 2.72. The largest absolute Gasteiger partial charge is 0.443 e. The predicted molar refractivity (Wildman–Crippen MR) is 161 cm³/mol. The topological polar surface area (TPSA) is 136 Å². The molecule has 10 nitrogen and oxygen atoms in total. The number of anilines is 1. The molecule has 0 unspecified atom stereocenters. The van der Waals surface area contributed by atoms with Gasteiger partial charge < -0.3 is 24.3 Å². The molecule has 1 aromatic rings. The quantitative estimate of drug-likeness (QED) is 0.257. The zero-order valence-corrected chi connectivity index (χ0v) is 26.4. The van der Waals surface area contributed by atoms with Crippen LogP contribution in [0.4, 0.5) is 10.5 Å². The van der Waals surface area contributed by atoms with Crippen LogP contribution in [-0.2, 0) is 28.5 Å². The fourth-order valence-corrected chi connectivity index (χ4v) is 6.11. The molecule has 10 heteroatoms. The number of methoxy groups -OCH3 is 1. The Balaban J connectivity index is 1.28. The van der Waals surface area contributed by atoms with Crippen LogP contribution < -0.4 is 10.6 Å². The second-order valence-electron chi connectivity index (χ2n) is 13.4. The average molecular weight is 599 g/mol. The second-order valence-corrected chi connectivity index (χ2v) is 13.4. The Kier molecular flexibility index (Phi) is 9.83. The zero-order valence-electron chi connectivity index (χ0n) is 26.4. The lowest BCUT2D eigenvalue weighted by Crippen LogP contribution is -2.56. The maximum atomic E-state index is 12.8. The molecule has 1 aromatic carbocycles. The molecule has 0 aromatic heterocycles. The van der Waals surface area contributed by atoms with E-state index in [-0.39, 0.29) is 41.3 Å². The van der Waals surface area contributed by atoms with Crippen LogP contribution >= 0.6 is 0 Å². The summed E-state index contributed by atoms with van der Waals surface area (Å²) in [6.07, 6.45) is 3.39. The summed E-state index contributed by atoms with van der Waals surface area (Å²) in [7, 11) is 1.60. The molecule has 2 heterocycles. The highest BCUT2D eigenvalue weighted by molar-refractivity contribution is 6.03. The maximum absolute atomic E-state index is 12.8. The zero-order chi connectivity index (χ0) is 31.6. The third-order valence-electron chi connectivity index (χ3n) is 8.79. The van der Waals surface area contributed by atoms with E-state index in [1.165, 1.54) is 17.7 Å². The summed E-state index contributed by atoms with van der Waals surface area (Å²) in [5.41, 5.74) is 0.751. The Morgan fingerprint density at radius 2 is 1.77 bits per heavy atom. The van der Waals surface area contributed by atoms with E-state index in [2.05, 4.69) is 37.5 Å². The molecule has 1 saturated carbocycles. The minimum absolute atomic E-state index is 0.0331. The number of epoxide rings is 2. The third-order valence-corrected chi connectivity index (χ3v) is 8.79. The SMILES string of the molecule is CO[C@@H]1[C@H](OC(=O)NC(=O)c2ccc(NC(=O)CCCC(=O)C(C)(C)C)cc2)CC[C@]2(CO2)[C@H]1[C@@]1(C)O[C@@H]1CC=C(C)C. The highest BCUT2D eigenvalue weighted by atomic mass is 16.6. The van der Waals surface area contributed by atoms with E-state index in [1.54, 1.807) is 19.2 Å². The van der Waals surface area contributed by atoms with Gasteiger partial charge in [-0.1, -0.05) is 32.4 Å². The molecule has 1 spiro atoms. The number of hydrogen-bond donors (Lipinski definition) is 2. The molecule has 0 bridgehead atoms. The summed E-state index contributed by atoms with van der Waals surface area (Å²) in [4.78, 5) is 49.9. The Bertz CT molecular complexity index is 1240. The van der Waals surface area contributed by atoms with Gasteiger partial charge in [0.2, 0.25) is 5.91 Å². The van der Waals surface area contributed by atoms with Gasteiger partial charge in [0.1, 0.15) is 29.2 Å². The van der Waals surface area contributed by atoms with Gasteiger partial charge in [-0.25, -0.2) is 4.79 Å². The summed E-state index contributed by atoms with van der Waals surface area (Å²) in [5.74, 6) is -0.838. The van der Waals surface area contributed by atoms with Crippen molar-refractivity contribution in [1.29, 1.82) is 0 Å². The molecular weight excluding hydrogens is 552 g/mol. The van der Waals surface area contributed by atoms with Crippen molar-refractivity contribution in [2.45, 2.75) is 110 Å². The first-order chi connectivity index (χ1) is 20.2. The van der Waals surface area contributed by atoms with Gasteiger partial charge >= 0.3 is 6.09 Å². The van der Waals surface area contributed by atoms with Crippen LogP contribution in [0, 0.1) is 11.3 Å². The van der Waals surface area contributed by atoms with Crippen LogP contribution in [0.2, 0.25) is 0 Å². The van der Waals surface area contributed by atoms with E-state index in [1.807, 2.05) is 20.8 Å². The average Bonchev–Trinajstić information content (AvgIpc) is 3.85. The number of rotatable bonds is 11. The van der Waals surface area contributed by atoms with Crippen molar-refractivity contribution in [3.8, 4) is 0 Å². The number of amides is 3. The van der Waals surface area contributed by atoms with Crippen LogP contribution in [0.5, 0.6) is 0 Å². The molecule has 43 heavy (non-hydrogen) atoms. The van der Waals surface area contributed by atoms with Crippen molar-refractivity contribution in [2.75, 3.05) is 19.0 Å². The Labute approximate surface area is 254 Å². The number of hydrogen-bond acceptors (Lipinski definition) is 8. The number of nitrogens with one attached hydrogen (secondary N) is 2. The van der Waals surface area contributed by atoms with E-state index >= 15 is 0 Å². The number of imide groups is 1. The van der Waals surface area contributed by atoms with Gasteiger partial charge in [-0.05, 0) is 70.7 Å². The maximum Gasteiger partial charge on any atom is 0.414 e. The smallest absolute Gasteiger partial charge is 0.414 e.